The minimum atomic E-state index is -1.91. The number of fused-ring (bicyclic) bond motifs is 6. The summed E-state index contributed by atoms with van der Waals surface area (Å²) in [6, 6.07) is 1.67. The highest BCUT2D eigenvalue weighted by Crippen LogP contribution is 2.50. The van der Waals surface area contributed by atoms with Crippen LogP contribution < -0.4 is 15.0 Å². The topological polar surface area (TPSA) is 341 Å². The number of carbonyl (C=O) groups is 12. The molecule has 544 valence electrons. The van der Waals surface area contributed by atoms with Gasteiger partial charge >= 0.3 is 18.0 Å². The van der Waals surface area contributed by atoms with Crippen molar-refractivity contribution in [2.24, 2.45) is 11.8 Å². The van der Waals surface area contributed by atoms with Gasteiger partial charge in [-0.3, -0.25) is 63.1 Å². The lowest BCUT2D eigenvalue weighted by Gasteiger charge is -2.42. The van der Waals surface area contributed by atoms with Gasteiger partial charge in [0.05, 0.1) is 68.2 Å². The number of ketones is 2. The molecule has 99 heavy (non-hydrogen) atoms. The van der Waals surface area contributed by atoms with Crippen molar-refractivity contribution in [1.29, 1.82) is 0 Å². The average Bonchev–Trinajstić information content (AvgIpc) is 1.58. The number of hydrogen-bond donors (Lipinski definition) is 3. The fourth-order valence-electron chi connectivity index (χ4n) is 13.5. The number of carboxylic acid groups (broad SMARTS) is 1. The van der Waals surface area contributed by atoms with Gasteiger partial charge in [0, 0.05) is 108 Å². The van der Waals surface area contributed by atoms with Crippen molar-refractivity contribution < 1.29 is 101 Å². The molecule has 8 aliphatic rings. The summed E-state index contributed by atoms with van der Waals surface area (Å²) in [6.45, 7) is 7.56. The molecule has 9 rings (SSSR count). The molecule has 0 aliphatic carbocycles. The van der Waals surface area contributed by atoms with Gasteiger partial charge < -0.3 is 58.1 Å². The molecule has 0 aromatic heterocycles. The van der Waals surface area contributed by atoms with E-state index in [0.717, 1.165) is 27.8 Å². The number of carboxylic acids is 1. The number of anilines is 1. The molecule has 4 bridgehead atoms. The number of Topliss-reactive ketones (excluding diaryl/α,β-unsaturated/α-hetero) is 2. The number of thioether (sulfide) groups is 5. The minimum Gasteiger partial charge on any atom is -0.495 e. The largest absolute Gasteiger partial charge is 0.495 e. The van der Waals surface area contributed by atoms with E-state index in [1.165, 1.54) is 102 Å². The van der Waals surface area contributed by atoms with Gasteiger partial charge in [0.15, 0.2) is 5.72 Å². The first-order valence-corrected chi connectivity index (χ1v) is 38.5. The Kier molecular flexibility index (Phi) is 26.9. The molecule has 3 N–H and O–H groups in total. The quantitative estimate of drug-likeness (QED) is 0.0456. The third kappa shape index (κ3) is 18.5. The number of allylic oxidation sites excluding steroid dienone is 3. The number of ether oxygens (including phenoxy) is 7. The third-order valence-electron chi connectivity index (χ3n) is 19.3. The van der Waals surface area contributed by atoms with Crippen molar-refractivity contribution in [3.05, 3.63) is 46.5 Å². The molecule has 0 saturated carbocycles. The lowest BCUT2D eigenvalue weighted by atomic mass is 9.83. The Hall–Kier alpha value is -5.42. The lowest BCUT2D eigenvalue weighted by molar-refractivity contribution is -0.162. The van der Waals surface area contributed by atoms with Crippen LogP contribution >= 0.6 is 70.4 Å². The smallest absolute Gasteiger partial charge is 0.409 e. The standard InChI is InChI=1S/C66H87ClN6O21S5/c1-35-11-9-13-47(89-8)66(87)30-45(92-64(86)68-66)36(2)58-65(4,94-58)48(29-51(78)70(6)42-25-38(23-35)27-44(88-7)53(42)67)93-63(85)37(3)69(5)49(76)16-22-95-46-28-52(79)72(59(46)80)17-19-91-21-20-90-18-10-12-41(74)14-15-50(77)71-31-39(26-43(75)54-57(62(83)84)99-33-96-54)24-40(32-71)73-60(81)55-56(61(73)82)98-34-97-55/h9,11,13,25,27,36-37,39-40,45-48,54-58,87H,10,12,14-24,26,28-34H2,1-8H3,(H,68,86)(H,83,84)/b13-9+,35-11+/t36-,37+,39+,40+,45+,46?,47-,48+,54?,55?,56?,57?,58+,65+,66+/m1/s1. The number of imide groups is 2. The van der Waals surface area contributed by atoms with Crippen molar-refractivity contribution >= 4 is 147 Å². The van der Waals surface area contributed by atoms with E-state index in [2.05, 4.69) is 5.32 Å². The molecular formula is C66H87ClN6O21S5. The van der Waals surface area contributed by atoms with E-state index in [1.807, 2.05) is 13.0 Å². The summed E-state index contributed by atoms with van der Waals surface area (Å²) in [7, 11) is 5.81. The van der Waals surface area contributed by atoms with Crippen LogP contribution in [-0.4, -0.2) is 265 Å². The van der Waals surface area contributed by atoms with Gasteiger partial charge in [0.25, 0.3) is 0 Å². The number of alkyl carbamates (subject to hydrolysis) is 1. The number of esters is 1. The second-order valence-electron chi connectivity index (χ2n) is 26.2. The number of aliphatic hydroxyl groups is 1. The van der Waals surface area contributed by atoms with Crippen molar-refractivity contribution in [2.45, 2.75) is 172 Å². The predicted octanol–water partition coefficient (Wildman–Crippen LogP) is 4.91. The average molecular weight is 1500 g/mol. The summed E-state index contributed by atoms with van der Waals surface area (Å²) in [5, 5.41) is 22.0. The van der Waals surface area contributed by atoms with E-state index < -0.39 is 134 Å². The lowest BCUT2D eigenvalue weighted by Crippen LogP contribution is -2.63. The summed E-state index contributed by atoms with van der Waals surface area (Å²) < 4.78 is 40.8. The molecule has 8 aliphatic heterocycles. The van der Waals surface area contributed by atoms with Gasteiger partial charge in [-0.15, -0.1) is 58.8 Å². The zero-order chi connectivity index (χ0) is 71.8. The van der Waals surface area contributed by atoms with E-state index >= 15 is 0 Å². The fourth-order valence-corrected chi connectivity index (χ4v) is 21.0. The Morgan fingerprint density at radius 3 is 2.28 bits per heavy atom. The molecule has 15 atom stereocenters. The molecule has 5 unspecified atom stereocenters. The number of epoxide rings is 1. The number of nitrogens with one attached hydrogen (secondary N) is 1. The van der Waals surface area contributed by atoms with Crippen LogP contribution in [-0.2, 0) is 87.6 Å². The molecule has 0 radical (unpaired) electrons. The number of likely N-dealkylation sites (N-methyl/N-ethyl adjacent to an activating group) is 1. The first kappa shape index (κ1) is 77.7. The van der Waals surface area contributed by atoms with Crippen LogP contribution in [0.4, 0.5) is 10.5 Å². The number of carbonyl (C=O) groups excluding carboxylic acids is 11. The molecule has 7 saturated heterocycles. The number of rotatable bonds is 27. The van der Waals surface area contributed by atoms with E-state index in [9.17, 15) is 67.7 Å². The summed E-state index contributed by atoms with van der Waals surface area (Å²) in [5.41, 5.74) is -1.30. The summed E-state index contributed by atoms with van der Waals surface area (Å²) in [5.74, 6) is -5.69. The maximum Gasteiger partial charge on any atom is 0.409 e. The number of aliphatic carboxylic acids is 1. The van der Waals surface area contributed by atoms with Crippen LogP contribution in [0.5, 0.6) is 5.75 Å². The molecule has 33 heteroatoms. The predicted molar refractivity (Wildman–Crippen MR) is 371 cm³/mol. The van der Waals surface area contributed by atoms with E-state index in [-0.39, 0.29) is 131 Å². The molecule has 8 amide bonds. The first-order valence-electron chi connectivity index (χ1n) is 32.9. The number of methoxy groups -OCH3 is 2. The number of halogens is 1. The fraction of sp³-hybridized carbons (Fsp3) is 0.667. The summed E-state index contributed by atoms with van der Waals surface area (Å²) in [4.78, 5) is 167. The zero-order valence-corrected chi connectivity index (χ0v) is 61.4. The highest BCUT2D eigenvalue weighted by atomic mass is 35.5. The maximum absolute atomic E-state index is 14.4. The Balaban J connectivity index is 0.692. The number of nitrogens with zero attached hydrogens (tertiary/aromatic N) is 5. The number of hydrogen-bond acceptors (Lipinski definition) is 25. The van der Waals surface area contributed by atoms with Gasteiger partial charge in [-0.05, 0) is 63.6 Å². The van der Waals surface area contributed by atoms with Crippen LogP contribution in [0.2, 0.25) is 5.02 Å². The SMILES string of the molecule is COc1cc2cc(c1Cl)N(C)C(=O)C[C@H](OC(=O)[C@H](C)N(C)C(=O)CCSC1CC(=O)N(CCOCCOCCCC(=O)CCC(=O)N3C[C@H](CC(=O)C4SCSC4C(=O)O)C[C@H](N4C(=O)C5SCSC5C4=O)C3)C1=O)[C@]1(C)O[C@H]1[C@H](C)[C@@H]1C[C@@](O)(NC(=O)O1)[C@H](OC)/C=C/C=C(\C)C2. The van der Waals surface area contributed by atoms with Crippen LogP contribution in [0.3, 0.4) is 0 Å². The van der Waals surface area contributed by atoms with Gasteiger partial charge in [-0.25, -0.2) is 9.59 Å². The monoisotopic (exact) mass is 1490 g/mol. The van der Waals surface area contributed by atoms with Gasteiger partial charge in [0.2, 0.25) is 41.4 Å². The van der Waals surface area contributed by atoms with Crippen LogP contribution in [0.1, 0.15) is 97.5 Å². The maximum atomic E-state index is 14.4. The highest BCUT2D eigenvalue weighted by molar-refractivity contribution is 8.21. The first-order chi connectivity index (χ1) is 47.1. The second kappa shape index (κ2) is 34.2. The number of amides is 8. The van der Waals surface area contributed by atoms with Crippen molar-refractivity contribution in [3.8, 4) is 5.75 Å². The summed E-state index contributed by atoms with van der Waals surface area (Å²) in [6.07, 6.45) is 0.576. The summed E-state index contributed by atoms with van der Waals surface area (Å²) >= 11 is 13.3. The van der Waals surface area contributed by atoms with Crippen LogP contribution in [0.15, 0.2) is 35.9 Å². The number of benzene rings is 1. The molecular weight excluding hydrogens is 1410 g/mol. The van der Waals surface area contributed by atoms with Crippen molar-refractivity contribution in [2.75, 3.05) is 95.2 Å². The van der Waals surface area contributed by atoms with Crippen LogP contribution in [0.25, 0.3) is 0 Å². The number of likely N-dealkylation sites (tertiary alicyclic amines) is 3. The zero-order valence-electron chi connectivity index (χ0n) is 56.5. The van der Waals surface area contributed by atoms with E-state index in [1.54, 1.807) is 38.1 Å². The molecule has 1 aromatic rings. The highest BCUT2D eigenvalue weighted by Gasteiger charge is 2.65. The molecule has 27 nitrogen and oxygen atoms in total. The Morgan fingerprint density at radius 1 is 0.889 bits per heavy atom. The van der Waals surface area contributed by atoms with Gasteiger partial charge in [0.1, 0.15) is 68.0 Å². The van der Waals surface area contributed by atoms with Crippen molar-refractivity contribution in [1.82, 2.24) is 24.9 Å². The Labute approximate surface area is 600 Å². The van der Waals surface area contributed by atoms with Crippen LogP contribution in [0, 0.1) is 11.8 Å². The third-order valence-corrected chi connectivity index (χ3v) is 26.8. The molecule has 8 heterocycles. The molecule has 7 fully saturated rings. The molecule has 0 spiro atoms. The van der Waals surface area contributed by atoms with Gasteiger partial charge in [-0.1, -0.05) is 42.3 Å². The Morgan fingerprint density at radius 2 is 1.59 bits per heavy atom. The normalized spacial score (nSPS) is 31.4. The Bertz CT molecular complexity index is 3330. The van der Waals surface area contributed by atoms with E-state index in [4.69, 9.17) is 44.8 Å². The molecule has 1 aromatic carbocycles. The van der Waals surface area contributed by atoms with E-state index in [0.29, 0.717) is 40.9 Å². The number of piperidine rings is 1. The van der Waals surface area contributed by atoms with Crippen molar-refractivity contribution in [3.63, 3.8) is 0 Å². The second-order valence-corrected chi connectivity index (χ2v) is 33.1. The minimum absolute atomic E-state index is 0.0102. The van der Waals surface area contributed by atoms with Gasteiger partial charge in [-0.2, -0.15) is 0 Å².